The van der Waals surface area contributed by atoms with E-state index in [2.05, 4.69) is 16.8 Å². The largest absolute Gasteiger partial charge is 0.478 e. The van der Waals surface area contributed by atoms with E-state index in [9.17, 15) is 4.79 Å². The van der Waals surface area contributed by atoms with Gasteiger partial charge in [-0.05, 0) is 32.1 Å². The Labute approximate surface area is 95.9 Å². The van der Waals surface area contributed by atoms with Crippen LogP contribution in [0, 0.1) is 0 Å². The molecule has 0 saturated heterocycles. The Morgan fingerprint density at radius 2 is 2.31 bits per heavy atom. The van der Waals surface area contributed by atoms with Gasteiger partial charge in [-0.3, -0.25) is 4.98 Å². The zero-order valence-corrected chi connectivity index (χ0v) is 9.81. The number of carboxylic acids is 1. The van der Waals surface area contributed by atoms with E-state index in [-0.39, 0.29) is 0 Å². The van der Waals surface area contributed by atoms with Gasteiger partial charge < -0.3 is 10.0 Å². The van der Waals surface area contributed by atoms with E-state index in [0.29, 0.717) is 17.8 Å². The summed E-state index contributed by atoms with van der Waals surface area (Å²) in [7, 11) is 1.98. The van der Waals surface area contributed by atoms with Gasteiger partial charge in [0, 0.05) is 12.7 Å². The number of aromatic nitrogens is 1. The molecule has 0 atom stereocenters. The van der Waals surface area contributed by atoms with Gasteiger partial charge in [-0.25, -0.2) is 4.79 Å². The van der Waals surface area contributed by atoms with Crippen molar-refractivity contribution in [3.8, 4) is 0 Å². The minimum absolute atomic E-state index is 0.297. The topological polar surface area (TPSA) is 53.4 Å². The van der Waals surface area contributed by atoms with Crippen molar-refractivity contribution in [2.75, 3.05) is 13.6 Å². The number of nitrogens with zero attached hydrogens (tertiary/aromatic N) is 2. The second-order valence-corrected chi connectivity index (χ2v) is 3.89. The third kappa shape index (κ3) is 3.62. The summed E-state index contributed by atoms with van der Waals surface area (Å²) < 4.78 is 0. The van der Waals surface area contributed by atoms with E-state index in [0.717, 1.165) is 19.4 Å². The van der Waals surface area contributed by atoms with Crippen LogP contribution in [0.2, 0.25) is 0 Å². The van der Waals surface area contributed by atoms with Crippen molar-refractivity contribution in [2.45, 2.75) is 26.3 Å². The molecular weight excluding hydrogens is 204 g/mol. The second kappa shape index (κ2) is 6.23. The molecule has 0 aliphatic heterocycles. The lowest BCUT2D eigenvalue weighted by Gasteiger charge is -2.16. The Hall–Kier alpha value is -1.42. The molecule has 0 amide bonds. The molecule has 0 spiro atoms. The number of unbranched alkanes of at least 4 members (excludes halogenated alkanes) is 1. The Morgan fingerprint density at radius 3 is 2.94 bits per heavy atom. The highest BCUT2D eigenvalue weighted by molar-refractivity contribution is 5.88. The monoisotopic (exact) mass is 222 g/mol. The maximum Gasteiger partial charge on any atom is 0.337 e. The van der Waals surface area contributed by atoms with Gasteiger partial charge in [0.2, 0.25) is 0 Å². The van der Waals surface area contributed by atoms with Gasteiger partial charge >= 0.3 is 5.97 Å². The summed E-state index contributed by atoms with van der Waals surface area (Å²) in [6.45, 7) is 3.69. The SMILES string of the molecule is CCCCN(C)Cc1ncccc1C(=O)O. The third-order valence-electron chi connectivity index (χ3n) is 2.43. The van der Waals surface area contributed by atoms with E-state index in [1.807, 2.05) is 7.05 Å². The van der Waals surface area contributed by atoms with E-state index < -0.39 is 5.97 Å². The molecule has 1 rings (SSSR count). The average molecular weight is 222 g/mol. The minimum Gasteiger partial charge on any atom is -0.478 e. The van der Waals surface area contributed by atoms with Crippen LogP contribution in [-0.2, 0) is 6.54 Å². The van der Waals surface area contributed by atoms with Gasteiger partial charge in [-0.15, -0.1) is 0 Å². The van der Waals surface area contributed by atoms with Crippen LogP contribution < -0.4 is 0 Å². The molecule has 16 heavy (non-hydrogen) atoms. The lowest BCUT2D eigenvalue weighted by molar-refractivity contribution is 0.0694. The molecule has 0 unspecified atom stereocenters. The van der Waals surface area contributed by atoms with Crippen LogP contribution in [0.15, 0.2) is 18.3 Å². The van der Waals surface area contributed by atoms with Crippen LogP contribution in [0.5, 0.6) is 0 Å². The summed E-state index contributed by atoms with van der Waals surface area (Å²) in [5, 5.41) is 9.00. The van der Waals surface area contributed by atoms with E-state index in [1.54, 1.807) is 18.3 Å². The maximum atomic E-state index is 11.0. The average Bonchev–Trinajstić information content (AvgIpc) is 2.27. The molecule has 0 fully saturated rings. The predicted molar refractivity (Wildman–Crippen MR) is 62.4 cm³/mol. The maximum absolute atomic E-state index is 11.0. The molecule has 4 heteroatoms. The number of rotatable bonds is 6. The standard InChI is InChI=1S/C12H18N2O2/c1-3-4-8-14(2)9-11-10(12(15)16)6-5-7-13-11/h5-7H,3-4,8-9H2,1-2H3,(H,15,16). The summed E-state index contributed by atoms with van der Waals surface area (Å²) in [4.78, 5) is 17.2. The molecule has 1 aromatic heterocycles. The van der Waals surface area contributed by atoms with Crippen molar-refractivity contribution in [3.05, 3.63) is 29.6 Å². The molecule has 0 aromatic carbocycles. The molecule has 0 aliphatic carbocycles. The summed E-state index contributed by atoms with van der Waals surface area (Å²) >= 11 is 0. The molecule has 4 nitrogen and oxygen atoms in total. The fraction of sp³-hybridized carbons (Fsp3) is 0.500. The smallest absolute Gasteiger partial charge is 0.337 e. The van der Waals surface area contributed by atoms with Gasteiger partial charge in [0.25, 0.3) is 0 Å². The number of carbonyl (C=O) groups is 1. The highest BCUT2D eigenvalue weighted by Crippen LogP contribution is 2.08. The van der Waals surface area contributed by atoms with Crippen molar-refractivity contribution < 1.29 is 9.90 Å². The molecule has 1 aromatic rings. The number of carboxylic acid groups (broad SMARTS) is 1. The Morgan fingerprint density at radius 1 is 1.56 bits per heavy atom. The summed E-state index contributed by atoms with van der Waals surface area (Å²) in [6, 6.07) is 3.25. The highest BCUT2D eigenvalue weighted by Gasteiger charge is 2.11. The third-order valence-corrected chi connectivity index (χ3v) is 2.43. The number of hydrogen-bond donors (Lipinski definition) is 1. The first-order chi connectivity index (χ1) is 7.65. The van der Waals surface area contributed by atoms with Gasteiger partial charge in [0.1, 0.15) is 0 Å². The van der Waals surface area contributed by atoms with Crippen molar-refractivity contribution in [1.82, 2.24) is 9.88 Å². The van der Waals surface area contributed by atoms with Crippen molar-refractivity contribution in [2.24, 2.45) is 0 Å². The molecular formula is C12H18N2O2. The number of pyridine rings is 1. The van der Waals surface area contributed by atoms with E-state index >= 15 is 0 Å². The highest BCUT2D eigenvalue weighted by atomic mass is 16.4. The second-order valence-electron chi connectivity index (χ2n) is 3.89. The Bertz CT molecular complexity index is 353. The zero-order valence-electron chi connectivity index (χ0n) is 9.81. The van der Waals surface area contributed by atoms with Crippen LogP contribution in [0.4, 0.5) is 0 Å². The van der Waals surface area contributed by atoms with E-state index in [1.165, 1.54) is 0 Å². The summed E-state index contributed by atoms with van der Waals surface area (Å²) in [5.74, 6) is -0.910. The predicted octanol–water partition coefficient (Wildman–Crippen LogP) is 2.01. The van der Waals surface area contributed by atoms with Crippen LogP contribution in [0.1, 0.15) is 35.8 Å². The van der Waals surface area contributed by atoms with Gasteiger partial charge in [-0.1, -0.05) is 13.3 Å². The fourth-order valence-corrected chi connectivity index (χ4v) is 1.52. The van der Waals surface area contributed by atoms with E-state index in [4.69, 9.17) is 5.11 Å². The van der Waals surface area contributed by atoms with Crippen LogP contribution in [0.3, 0.4) is 0 Å². The van der Waals surface area contributed by atoms with Gasteiger partial charge in [-0.2, -0.15) is 0 Å². The lowest BCUT2D eigenvalue weighted by atomic mass is 10.2. The first-order valence-corrected chi connectivity index (χ1v) is 5.51. The van der Waals surface area contributed by atoms with Crippen molar-refractivity contribution in [3.63, 3.8) is 0 Å². The molecule has 88 valence electrons. The Kier molecular flexibility index (Phi) is 4.92. The molecule has 0 aliphatic rings. The zero-order chi connectivity index (χ0) is 12.0. The minimum atomic E-state index is -0.910. The van der Waals surface area contributed by atoms with Crippen LogP contribution in [0.25, 0.3) is 0 Å². The van der Waals surface area contributed by atoms with Crippen LogP contribution >= 0.6 is 0 Å². The number of aromatic carboxylic acids is 1. The number of hydrogen-bond acceptors (Lipinski definition) is 3. The molecule has 0 saturated carbocycles. The van der Waals surface area contributed by atoms with Crippen molar-refractivity contribution >= 4 is 5.97 Å². The molecule has 0 radical (unpaired) electrons. The van der Waals surface area contributed by atoms with Crippen LogP contribution in [-0.4, -0.2) is 34.6 Å². The first-order valence-electron chi connectivity index (χ1n) is 5.51. The summed E-state index contributed by atoms with van der Waals surface area (Å²) in [6.07, 6.45) is 3.89. The quantitative estimate of drug-likeness (QED) is 0.800. The fourth-order valence-electron chi connectivity index (χ4n) is 1.52. The molecule has 1 heterocycles. The molecule has 1 N–H and O–H groups in total. The van der Waals surface area contributed by atoms with Crippen molar-refractivity contribution in [1.29, 1.82) is 0 Å². The lowest BCUT2D eigenvalue weighted by Crippen LogP contribution is -2.21. The normalized spacial score (nSPS) is 10.7. The molecule has 0 bridgehead atoms. The van der Waals surface area contributed by atoms with Gasteiger partial charge in [0.15, 0.2) is 0 Å². The Balaban J connectivity index is 2.69. The van der Waals surface area contributed by atoms with Gasteiger partial charge in [0.05, 0.1) is 11.3 Å². The summed E-state index contributed by atoms with van der Waals surface area (Å²) in [5.41, 5.74) is 0.930. The first kappa shape index (κ1) is 12.6.